The summed E-state index contributed by atoms with van der Waals surface area (Å²) in [5.41, 5.74) is 2.51. The van der Waals surface area contributed by atoms with Crippen LogP contribution in [0.5, 0.6) is 0 Å². The maximum atomic E-state index is 4.12. The van der Waals surface area contributed by atoms with E-state index in [1.807, 2.05) is 18.2 Å². The smallest absolute Gasteiger partial charge is 0.0379 e. The van der Waals surface area contributed by atoms with E-state index in [0.29, 0.717) is 11.8 Å². The van der Waals surface area contributed by atoms with Crippen molar-refractivity contribution in [3.05, 3.63) is 54.8 Å². The Morgan fingerprint density at radius 1 is 1.21 bits per heavy atom. The molecule has 19 heavy (non-hydrogen) atoms. The van der Waals surface area contributed by atoms with Crippen molar-refractivity contribution in [3.63, 3.8) is 0 Å². The highest BCUT2D eigenvalue weighted by atomic mass is 14.8. The number of para-hydroxylation sites is 1. The largest absolute Gasteiger partial charge is 0.362 e. The van der Waals surface area contributed by atoms with Crippen molar-refractivity contribution in [1.29, 1.82) is 0 Å². The fraction of sp³-hybridized carbons (Fsp3) is 0.444. The molecule has 2 atom stereocenters. The summed E-state index contributed by atoms with van der Waals surface area (Å²) in [6, 6.07) is 10.2. The Labute approximate surface area is 118 Å². The van der Waals surface area contributed by atoms with E-state index in [1.165, 1.54) is 18.4 Å². The second kappa shape index (κ2) is 8.58. The van der Waals surface area contributed by atoms with Gasteiger partial charge in [-0.1, -0.05) is 57.2 Å². The molecule has 104 valence electrons. The Kier molecular flexibility index (Phi) is 7.02. The molecule has 1 aromatic carbocycles. The molecule has 0 heterocycles. The molecule has 0 saturated heterocycles. The zero-order chi connectivity index (χ0) is 14.1. The van der Waals surface area contributed by atoms with E-state index in [0.717, 1.165) is 12.1 Å². The van der Waals surface area contributed by atoms with Crippen molar-refractivity contribution < 1.29 is 0 Å². The summed E-state index contributed by atoms with van der Waals surface area (Å²) >= 11 is 0. The quantitative estimate of drug-likeness (QED) is 0.595. The topological polar surface area (TPSA) is 12.0 Å². The van der Waals surface area contributed by atoms with Gasteiger partial charge in [-0.2, -0.15) is 0 Å². The summed E-state index contributed by atoms with van der Waals surface area (Å²) < 4.78 is 0. The summed E-state index contributed by atoms with van der Waals surface area (Å²) in [7, 11) is 0. The molecular weight excluding hydrogens is 230 g/mol. The zero-order valence-corrected chi connectivity index (χ0v) is 12.5. The molecule has 0 aromatic heterocycles. The van der Waals surface area contributed by atoms with Crippen LogP contribution in [0.25, 0.3) is 0 Å². The average molecular weight is 257 g/mol. The van der Waals surface area contributed by atoms with Gasteiger partial charge in [0.15, 0.2) is 0 Å². The number of hydrogen-bond acceptors (Lipinski definition) is 1. The molecule has 0 bridgehead atoms. The van der Waals surface area contributed by atoms with Crippen molar-refractivity contribution in [2.45, 2.75) is 40.0 Å². The molecule has 1 rings (SSSR count). The molecule has 0 aliphatic rings. The normalized spacial score (nSPS) is 14.3. The lowest BCUT2D eigenvalue weighted by Gasteiger charge is -2.14. The van der Waals surface area contributed by atoms with Crippen LogP contribution in [-0.4, -0.2) is 0 Å². The highest BCUT2D eigenvalue weighted by Gasteiger charge is 2.06. The Morgan fingerprint density at radius 2 is 1.89 bits per heavy atom. The summed E-state index contributed by atoms with van der Waals surface area (Å²) in [5.74, 6) is 1.24. The Hall–Kier alpha value is -1.50. The molecule has 2 unspecified atom stereocenters. The number of rotatable bonds is 8. The standard InChI is InChI=1S/C18H27N/c1-5-16(3)17(4)12-11-15(2)13-14-19-18-9-7-6-8-10-18/h6-10,13-15,17,19H,3,5,11-12H2,1-2,4H3/b14-13+. The van der Waals surface area contributed by atoms with E-state index in [9.17, 15) is 0 Å². The number of anilines is 1. The molecule has 0 spiro atoms. The van der Waals surface area contributed by atoms with Gasteiger partial charge in [0.2, 0.25) is 0 Å². The van der Waals surface area contributed by atoms with E-state index >= 15 is 0 Å². The minimum absolute atomic E-state index is 0.600. The van der Waals surface area contributed by atoms with Gasteiger partial charge in [0, 0.05) is 5.69 Å². The summed E-state index contributed by atoms with van der Waals surface area (Å²) in [6.07, 6.45) is 7.84. The van der Waals surface area contributed by atoms with E-state index in [2.05, 4.69) is 57.1 Å². The van der Waals surface area contributed by atoms with Gasteiger partial charge in [-0.25, -0.2) is 0 Å². The van der Waals surface area contributed by atoms with Crippen LogP contribution in [0.2, 0.25) is 0 Å². The monoisotopic (exact) mass is 257 g/mol. The van der Waals surface area contributed by atoms with Crippen LogP contribution >= 0.6 is 0 Å². The highest BCUT2D eigenvalue weighted by molar-refractivity contribution is 5.44. The first-order valence-electron chi connectivity index (χ1n) is 7.29. The van der Waals surface area contributed by atoms with Crippen LogP contribution in [0.4, 0.5) is 5.69 Å². The van der Waals surface area contributed by atoms with Crippen LogP contribution in [0.15, 0.2) is 54.8 Å². The van der Waals surface area contributed by atoms with Gasteiger partial charge in [0.25, 0.3) is 0 Å². The van der Waals surface area contributed by atoms with Crippen molar-refractivity contribution >= 4 is 5.69 Å². The molecular formula is C18H27N. The molecule has 0 radical (unpaired) electrons. The van der Waals surface area contributed by atoms with E-state index < -0.39 is 0 Å². The minimum atomic E-state index is 0.600. The van der Waals surface area contributed by atoms with Crippen LogP contribution < -0.4 is 5.32 Å². The molecule has 0 aliphatic carbocycles. The number of benzene rings is 1. The van der Waals surface area contributed by atoms with Crippen molar-refractivity contribution in [1.82, 2.24) is 0 Å². The zero-order valence-electron chi connectivity index (χ0n) is 12.5. The first-order chi connectivity index (χ1) is 9.13. The van der Waals surface area contributed by atoms with Gasteiger partial charge < -0.3 is 5.32 Å². The van der Waals surface area contributed by atoms with Crippen LogP contribution in [-0.2, 0) is 0 Å². The Balaban J connectivity index is 2.27. The molecule has 0 aliphatic heterocycles. The van der Waals surface area contributed by atoms with Crippen molar-refractivity contribution in [2.75, 3.05) is 5.32 Å². The van der Waals surface area contributed by atoms with Crippen molar-refractivity contribution in [3.8, 4) is 0 Å². The fourth-order valence-electron chi connectivity index (χ4n) is 2.00. The lowest BCUT2D eigenvalue weighted by Crippen LogP contribution is -2.01. The molecule has 0 fully saturated rings. The summed E-state index contributed by atoms with van der Waals surface area (Å²) in [6.45, 7) is 10.9. The van der Waals surface area contributed by atoms with Gasteiger partial charge >= 0.3 is 0 Å². The average Bonchev–Trinajstić information content (AvgIpc) is 2.45. The van der Waals surface area contributed by atoms with Gasteiger partial charge in [-0.05, 0) is 49.4 Å². The number of allylic oxidation sites excluding steroid dienone is 2. The van der Waals surface area contributed by atoms with E-state index in [1.54, 1.807) is 0 Å². The molecule has 0 amide bonds. The maximum Gasteiger partial charge on any atom is 0.0379 e. The number of nitrogens with one attached hydrogen (secondary N) is 1. The number of hydrogen-bond donors (Lipinski definition) is 1. The minimum Gasteiger partial charge on any atom is -0.362 e. The first kappa shape index (κ1) is 15.6. The van der Waals surface area contributed by atoms with Gasteiger partial charge in [0.05, 0.1) is 0 Å². The Bertz CT molecular complexity index is 391. The summed E-state index contributed by atoms with van der Waals surface area (Å²) in [5, 5.41) is 3.30. The lowest BCUT2D eigenvalue weighted by molar-refractivity contribution is 0.511. The third-order valence-corrected chi connectivity index (χ3v) is 3.65. The fourth-order valence-corrected chi connectivity index (χ4v) is 2.00. The van der Waals surface area contributed by atoms with E-state index in [-0.39, 0.29) is 0 Å². The maximum absolute atomic E-state index is 4.12. The second-order valence-electron chi connectivity index (χ2n) is 5.34. The lowest BCUT2D eigenvalue weighted by atomic mass is 9.92. The third kappa shape index (κ3) is 6.28. The highest BCUT2D eigenvalue weighted by Crippen LogP contribution is 2.20. The van der Waals surface area contributed by atoms with Gasteiger partial charge in [0.1, 0.15) is 0 Å². The SMILES string of the molecule is C=C(CC)C(C)CCC(C)/C=C/Nc1ccccc1. The first-order valence-corrected chi connectivity index (χ1v) is 7.29. The third-order valence-electron chi connectivity index (χ3n) is 3.65. The van der Waals surface area contributed by atoms with Crippen molar-refractivity contribution in [2.24, 2.45) is 11.8 Å². The molecule has 0 saturated carbocycles. The predicted molar refractivity (Wildman–Crippen MR) is 86.2 cm³/mol. The van der Waals surface area contributed by atoms with Crippen LogP contribution in [0, 0.1) is 11.8 Å². The van der Waals surface area contributed by atoms with E-state index in [4.69, 9.17) is 0 Å². The summed E-state index contributed by atoms with van der Waals surface area (Å²) in [4.78, 5) is 0. The molecule has 1 N–H and O–H groups in total. The Morgan fingerprint density at radius 3 is 2.53 bits per heavy atom. The van der Waals surface area contributed by atoms with Gasteiger partial charge in [-0.3, -0.25) is 0 Å². The molecule has 1 nitrogen and oxygen atoms in total. The molecule has 1 heteroatoms. The molecule has 1 aromatic rings. The predicted octanol–water partition coefficient (Wildman–Crippen LogP) is 5.63. The van der Waals surface area contributed by atoms with Crippen LogP contribution in [0.3, 0.4) is 0 Å². The van der Waals surface area contributed by atoms with Gasteiger partial charge in [-0.15, -0.1) is 0 Å². The van der Waals surface area contributed by atoms with Crippen LogP contribution in [0.1, 0.15) is 40.0 Å². The second-order valence-corrected chi connectivity index (χ2v) is 5.34.